The van der Waals surface area contributed by atoms with E-state index in [2.05, 4.69) is 5.16 Å². The largest absolute Gasteiger partial charge is 0.481 e. The molecular weight excluding hydrogens is 294 g/mol. The maximum atomic E-state index is 11.3. The number of aliphatic carboxylic acids is 2. The summed E-state index contributed by atoms with van der Waals surface area (Å²) in [6.07, 6.45) is -0.908. The Bertz CT molecular complexity index is 640. The fourth-order valence-electron chi connectivity index (χ4n) is 2.27. The number of carboxylic acid groups (broad SMARTS) is 2. The number of carbonyl (C=O) groups is 2. The third kappa shape index (κ3) is 2.92. The van der Waals surface area contributed by atoms with Gasteiger partial charge in [-0.25, -0.2) is 4.79 Å². The molecule has 1 unspecified atom stereocenters. The van der Waals surface area contributed by atoms with E-state index in [1.807, 2.05) is 0 Å². The Morgan fingerprint density at radius 1 is 1.18 bits per heavy atom. The van der Waals surface area contributed by atoms with E-state index in [9.17, 15) is 19.8 Å². The molecule has 0 aliphatic carbocycles. The van der Waals surface area contributed by atoms with Crippen LogP contribution in [-0.2, 0) is 27.6 Å². The third-order valence-electron chi connectivity index (χ3n) is 3.49. The van der Waals surface area contributed by atoms with Gasteiger partial charge in [-0.05, 0) is 22.8 Å². The molecular formula is C14H15NO7. The van der Waals surface area contributed by atoms with E-state index in [4.69, 9.17) is 15.1 Å². The summed E-state index contributed by atoms with van der Waals surface area (Å²) in [5.41, 5.74) is -0.108. The van der Waals surface area contributed by atoms with Crippen molar-refractivity contribution in [3.63, 3.8) is 0 Å². The zero-order chi connectivity index (χ0) is 16.3. The van der Waals surface area contributed by atoms with Gasteiger partial charge in [0.05, 0.1) is 25.3 Å². The van der Waals surface area contributed by atoms with Crippen LogP contribution in [0.4, 0.5) is 0 Å². The Hall–Kier alpha value is -2.45. The molecule has 8 nitrogen and oxygen atoms in total. The van der Waals surface area contributed by atoms with Crippen LogP contribution in [0, 0.1) is 0 Å². The highest BCUT2D eigenvalue weighted by Crippen LogP contribution is 2.31. The van der Waals surface area contributed by atoms with Crippen LogP contribution >= 0.6 is 0 Å². The summed E-state index contributed by atoms with van der Waals surface area (Å²) in [5.74, 6) is -2.70. The van der Waals surface area contributed by atoms with Crippen LogP contribution in [0.3, 0.4) is 0 Å². The summed E-state index contributed by atoms with van der Waals surface area (Å²) in [6, 6.07) is 4.75. The summed E-state index contributed by atoms with van der Waals surface area (Å²) in [7, 11) is 0. The van der Waals surface area contributed by atoms with Crippen LogP contribution in [-0.4, -0.2) is 43.7 Å². The number of hydrogen-bond acceptors (Lipinski definition) is 6. The molecule has 0 aromatic heterocycles. The number of hydrogen-bond donors (Lipinski definition) is 4. The predicted octanol–water partition coefficient (Wildman–Crippen LogP) is 0.0937. The van der Waals surface area contributed by atoms with Gasteiger partial charge in [0.1, 0.15) is 0 Å². The van der Waals surface area contributed by atoms with Crippen molar-refractivity contribution in [1.29, 1.82) is 0 Å². The molecule has 1 aromatic carbocycles. The molecule has 1 aromatic rings. The highest BCUT2D eigenvalue weighted by Gasteiger charge is 2.49. The van der Waals surface area contributed by atoms with Gasteiger partial charge in [0.15, 0.2) is 0 Å². The Morgan fingerprint density at radius 3 is 2.41 bits per heavy atom. The number of nitrogens with zero attached hydrogens (tertiary/aromatic N) is 1. The molecule has 2 rings (SSSR count). The summed E-state index contributed by atoms with van der Waals surface area (Å²) >= 11 is 0. The third-order valence-corrected chi connectivity index (χ3v) is 3.49. The zero-order valence-electron chi connectivity index (χ0n) is 11.5. The fourth-order valence-corrected chi connectivity index (χ4v) is 2.27. The smallest absolute Gasteiger partial charge is 0.351 e. The summed E-state index contributed by atoms with van der Waals surface area (Å²) in [4.78, 5) is 27.1. The van der Waals surface area contributed by atoms with E-state index in [1.165, 1.54) is 0 Å². The zero-order valence-corrected chi connectivity index (χ0v) is 11.5. The van der Waals surface area contributed by atoms with Crippen molar-refractivity contribution in [2.24, 2.45) is 5.16 Å². The van der Waals surface area contributed by atoms with E-state index in [0.717, 1.165) is 0 Å². The molecule has 22 heavy (non-hydrogen) atoms. The molecule has 118 valence electrons. The minimum absolute atomic E-state index is 0.196. The molecule has 0 fully saturated rings. The molecule has 0 spiro atoms. The molecule has 0 saturated carbocycles. The Kier molecular flexibility index (Phi) is 4.43. The molecule has 4 N–H and O–H groups in total. The molecule has 1 aliphatic heterocycles. The van der Waals surface area contributed by atoms with Crippen molar-refractivity contribution in [2.45, 2.75) is 31.7 Å². The van der Waals surface area contributed by atoms with Crippen molar-refractivity contribution in [3.05, 3.63) is 34.9 Å². The van der Waals surface area contributed by atoms with Crippen molar-refractivity contribution < 1.29 is 34.9 Å². The Labute approximate surface area is 125 Å². The molecule has 8 heteroatoms. The number of aliphatic hydroxyl groups excluding tert-OH is 2. The lowest BCUT2D eigenvalue weighted by Gasteiger charge is -2.19. The van der Waals surface area contributed by atoms with Gasteiger partial charge >= 0.3 is 11.9 Å². The van der Waals surface area contributed by atoms with Gasteiger partial charge in [-0.2, -0.15) is 0 Å². The first-order chi connectivity index (χ1) is 10.4. The van der Waals surface area contributed by atoms with Crippen LogP contribution in [0.5, 0.6) is 0 Å². The number of carboxylic acids is 2. The quantitative estimate of drug-likeness (QED) is 0.584. The van der Waals surface area contributed by atoms with E-state index < -0.39 is 24.0 Å². The van der Waals surface area contributed by atoms with Gasteiger partial charge in [-0.15, -0.1) is 0 Å². The number of oxime groups is 1. The molecule has 0 radical (unpaired) electrons. The van der Waals surface area contributed by atoms with Crippen LogP contribution in [0.25, 0.3) is 0 Å². The van der Waals surface area contributed by atoms with E-state index >= 15 is 0 Å². The fraction of sp³-hybridized carbons (Fsp3) is 0.357. The second-order valence-electron chi connectivity index (χ2n) is 4.98. The van der Waals surface area contributed by atoms with Crippen LogP contribution < -0.4 is 0 Å². The molecule has 0 amide bonds. The lowest BCUT2D eigenvalue weighted by Crippen LogP contribution is -2.41. The first-order valence-corrected chi connectivity index (χ1v) is 6.46. The Balaban J connectivity index is 2.28. The first kappa shape index (κ1) is 15.9. The van der Waals surface area contributed by atoms with Gasteiger partial charge in [0.2, 0.25) is 5.60 Å². The molecule has 0 bridgehead atoms. The second-order valence-corrected chi connectivity index (χ2v) is 4.98. The molecule has 1 atom stereocenters. The van der Waals surface area contributed by atoms with Gasteiger partial charge < -0.3 is 25.3 Å². The summed E-state index contributed by atoms with van der Waals surface area (Å²) in [5, 5.41) is 40.2. The van der Waals surface area contributed by atoms with E-state index in [0.29, 0.717) is 16.7 Å². The maximum Gasteiger partial charge on any atom is 0.351 e. The molecule has 1 aliphatic rings. The normalized spacial score (nSPS) is 20.4. The van der Waals surface area contributed by atoms with Crippen LogP contribution in [0.2, 0.25) is 0 Å². The summed E-state index contributed by atoms with van der Waals surface area (Å²) < 4.78 is 0. The number of benzene rings is 1. The maximum absolute atomic E-state index is 11.3. The van der Waals surface area contributed by atoms with Gasteiger partial charge in [-0.1, -0.05) is 17.3 Å². The van der Waals surface area contributed by atoms with Crippen LogP contribution in [0.15, 0.2) is 23.4 Å². The van der Waals surface area contributed by atoms with Crippen molar-refractivity contribution in [1.82, 2.24) is 0 Å². The van der Waals surface area contributed by atoms with Gasteiger partial charge in [0, 0.05) is 6.42 Å². The SMILES string of the molecule is O=C(O)CC1(C(=O)O)CC(c2ccc(CO)c(CO)c2)=NO1. The topological polar surface area (TPSA) is 137 Å². The number of rotatable bonds is 6. The first-order valence-electron chi connectivity index (χ1n) is 6.46. The van der Waals surface area contributed by atoms with E-state index in [-0.39, 0.29) is 25.3 Å². The monoisotopic (exact) mass is 309 g/mol. The van der Waals surface area contributed by atoms with Crippen molar-refractivity contribution in [3.8, 4) is 0 Å². The minimum atomic E-state index is -1.92. The highest BCUT2D eigenvalue weighted by molar-refractivity contribution is 6.05. The second kappa shape index (κ2) is 6.12. The highest BCUT2D eigenvalue weighted by atomic mass is 16.7. The lowest BCUT2D eigenvalue weighted by molar-refractivity contribution is -0.169. The minimum Gasteiger partial charge on any atom is -0.481 e. The van der Waals surface area contributed by atoms with Gasteiger partial charge in [0.25, 0.3) is 0 Å². The molecule has 1 heterocycles. The van der Waals surface area contributed by atoms with E-state index in [1.54, 1.807) is 18.2 Å². The van der Waals surface area contributed by atoms with Crippen molar-refractivity contribution in [2.75, 3.05) is 0 Å². The summed E-state index contributed by atoms with van der Waals surface area (Å²) in [6.45, 7) is -0.533. The predicted molar refractivity (Wildman–Crippen MR) is 73.1 cm³/mol. The standard InChI is InChI=1S/C14H15NO7/c16-6-9-2-1-8(3-10(9)7-17)11-4-14(13(20)21,22-15-11)5-12(18)19/h1-3,16-17H,4-7H2,(H,18,19)(H,20,21). The van der Waals surface area contributed by atoms with Crippen molar-refractivity contribution >= 4 is 17.7 Å². The van der Waals surface area contributed by atoms with Gasteiger partial charge in [-0.3, -0.25) is 4.79 Å². The Morgan fingerprint density at radius 2 is 1.86 bits per heavy atom. The average molecular weight is 309 g/mol. The van der Waals surface area contributed by atoms with Crippen LogP contribution in [0.1, 0.15) is 29.5 Å². The number of aliphatic hydroxyl groups is 2. The lowest BCUT2D eigenvalue weighted by atomic mass is 9.90. The average Bonchev–Trinajstić information content (AvgIpc) is 2.91. The molecule has 0 saturated heterocycles.